The lowest BCUT2D eigenvalue weighted by Gasteiger charge is -2.24. The van der Waals surface area contributed by atoms with Crippen LogP contribution in [0.3, 0.4) is 0 Å². The first-order valence-electron chi connectivity index (χ1n) is 4.72. The second-order valence-electron chi connectivity index (χ2n) is 3.58. The zero-order valence-electron chi connectivity index (χ0n) is 8.21. The summed E-state index contributed by atoms with van der Waals surface area (Å²) >= 11 is 1.94. The Morgan fingerprint density at radius 2 is 2.31 bits per heavy atom. The molecular formula is C11H15NS. The van der Waals surface area contributed by atoms with Crippen molar-refractivity contribution in [3.8, 4) is 0 Å². The van der Waals surface area contributed by atoms with E-state index in [9.17, 15) is 0 Å². The molecule has 0 fully saturated rings. The van der Waals surface area contributed by atoms with Gasteiger partial charge in [0.1, 0.15) is 0 Å². The fraction of sp³-hybridized carbons (Fsp3) is 0.455. The Hall–Kier alpha value is -0.470. The van der Waals surface area contributed by atoms with E-state index in [1.54, 1.807) is 0 Å². The van der Waals surface area contributed by atoms with Crippen LogP contribution in [0.25, 0.3) is 0 Å². The summed E-state index contributed by atoms with van der Waals surface area (Å²) in [6, 6.07) is 6.86. The number of aryl methyl sites for hydroxylation is 1. The number of fused-ring (bicyclic) bond motifs is 1. The van der Waals surface area contributed by atoms with E-state index in [0.29, 0.717) is 0 Å². The van der Waals surface area contributed by atoms with Crippen LogP contribution in [0, 0.1) is 0 Å². The highest BCUT2D eigenvalue weighted by Crippen LogP contribution is 2.29. The smallest absolute Gasteiger partial charge is 0.0492 e. The van der Waals surface area contributed by atoms with Crippen molar-refractivity contribution in [2.75, 3.05) is 12.9 Å². The summed E-state index contributed by atoms with van der Waals surface area (Å²) in [6.07, 6.45) is 1.14. The Morgan fingerprint density at radius 1 is 1.46 bits per heavy atom. The third kappa shape index (κ3) is 1.89. The van der Waals surface area contributed by atoms with Crippen LogP contribution < -0.4 is 0 Å². The third-order valence-electron chi connectivity index (χ3n) is 2.41. The SMILES string of the molecule is CCc1ccc2c(c1)CN(C)CS2. The van der Waals surface area contributed by atoms with Gasteiger partial charge in [-0.15, -0.1) is 11.8 Å². The van der Waals surface area contributed by atoms with Crippen molar-refractivity contribution in [1.82, 2.24) is 4.90 Å². The Bertz CT molecular complexity index is 309. The Balaban J connectivity index is 2.32. The van der Waals surface area contributed by atoms with E-state index in [2.05, 4.69) is 37.1 Å². The molecule has 1 heterocycles. The van der Waals surface area contributed by atoms with Gasteiger partial charge in [0.15, 0.2) is 0 Å². The van der Waals surface area contributed by atoms with Crippen molar-refractivity contribution in [2.24, 2.45) is 0 Å². The third-order valence-corrected chi connectivity index (χ3v) is 3.69. The molecule has 0 unspecified atom stereocenters. The first-order chi connectivity index (χ1) is 6.29. The summed E-state index contributed by atoms with van der Waals surface area (Å²) in [5.74, 6) is 1.12. The molecule has 70 valence electrons. The highest BCUT2D eigenvalue weighted by atomic mass is 32.2. The van der Waals surface area contributed by atoms with Gasteiger partial charge in [-0.3, -0.25) is 4.90 Å². The highest BCUT2D eigenvalue weighted by molar-refractivity contribution is 7.99. The Morgan fingerprint density at radius 3 is 3.08 bits per heavy atom. The van der Waals surface area contributed by atoms with E-state index >= 15 is 0 Å². The van der Waals surface area contributed by atoms with Crippen LogP contribution in [-0.4, -0.2) is 17.8 Å². The first-order valence-corrected chi connectivity index (χ1v) is 5.71. The number of hydrogen-bond donors (Lipinski definition) is 0. The molecule has 0 saturated carbocycles. The monoisotopic (exact) mass is 193 g/mol. The van der Waals surface area contributed by atoms with Crippen LogP contribution in [-0.2, 0) is 13.0 Å². The molecule has 2 rings (SSSR count). The van der Waals surface area contributed by atoms with Crippen molar-refractivity contribution in [3.05, 3.63) is 29.3 Å². The molecule has 0 atom stereocenters. The van der Waals surface area contributed by atoms with Gasteiger partial charge in [0.2, 0.25) is 0 Å². The van der Waals surface area contributed by atoms with Crippen molar-refractivity contribution >= 4 is 11.8 Å². The van der Waals surface area contributed by atoms with E-state index in [-0.39, 0.29) is 0 Å². The quantitative estimate of drug-likeness (QED) is 0.674. The number of rotatable bonds is 1. The molecule has 0 spiro atoms. The lowest BCUT2D eigenvalue weighted by molar-refractivity contribution is 0.376. The van der Waals surface area contributed by atoms with Crippen LogP contribution in [0.1, 0.15) is 18.1 Å². The van der Waals surface area contributed by atoms with Crippen LogP contribution >= 0.6 is 11.8 Å². The van der Waals surface area contributed by atoms with Gasteiger partial charge in [-0.2, -0.15) is 0 Å². The Kier molecular flexibility index (Phi) is 2.61. The fourth-order valence-electron chi connectivity index (χ4n) is 1.63. The summed E-state index contributed by atoms with van der Waals surface area (Å²) in [5, 5.41) is 0. The number of nitrogens with zero attached hydrogens (tertiary/aromatic N) is 1. The van der Waals surface area contributed by atoms with E-state index in [1.165, 1.54) is 16.0 Å². The minimum atomic E-state index is 1.11. The van der Waals surface area contributed by atoms with Gasteiger partial charge in [0, 0.05) is 17.3 Å². The fourth-order valence-corrected chi connectivity index (χ4v) is 2.56. The normalized spacial score (nSPS) is 17.1. The minimum absolute atomic E-state index is 1.11. The molecule has 0 radical (unpaired) electrons. The molecule has 1 aliphatic rings. The summed E-state index contributed by atoms with van der Waals surface area (Å²) in [6.45, 7) is 3.32. The second-order valence-corrected chi connectivity index (χ2v) is 4.57. The van der Waals surface area contributed by atoms with Gasteiger partial charge in [-0.05, 0) is 30.7 Å². The molecule has 1 aromatic carbocycles. The van der Waals surface area contributed by atoms with Crippen molar-refractivity contribution in [3.63, 3.8) is 0 Å². The van der Waals surface area contributed by atoms with E-state index in [0.717, 1.165) is 18.8 Å². The van der Waals surface area contributed by atoms with Gasteiger partial charge in [0.05, 0.1) is 0 Å². The first kappa shape index (κ1) is 9.10. The largest absolute Gasteiger partial charge is 0.293 e. The maximum Gasteiger partial charge on any atom is 0.0492 e. The summed E-state index contributed by atoms with van der Waals surface area (Å²) in [7, 11) is 2.18. The maximum atomic E-state index is 2.35. The van der Waals surface area contributed by atoms with Gasteiger partial charge in [-0.1, -0.05) is 19.1 Å². The topological polar surface area (TPSA) is 3.24 Å². The van der Waals surface area contributed by atoms with Crippen LogP contribution in [0.4, 0.5) is 0 Å². The zero-order valence-corrected chi connectivity index (χ0v) is 9.03. The molecule has 0 aromatic heterocycles. The van der Waals surface area contributed by atoms with Gasteiger partial charge in [-0.25, -0.2) is 0 Å². The highest BCUT2D eigenvalue weighted by Gasteiger charge is 2.12. The zero-order chi connectivity index (χ0) is 9.26. The van der Waals surface area contributed by atoms with Gasteiger partial charge >= 0.3 is 0 Å². The predicted octanol–water partition coefficient (Wildman–Crippen LogP) is 2.74. The van der Waals surface area contributed by atoms with Gasteiger partial charge in [0.25, 0.3) is 0 Å². The lowest BCUT2D eigenvalue weighted by Crippen LogP contribution is -2.21. The number of benzene rings is 1. The molecule has 1 nitrogen and oxygen atoms in total. The molecule has 0 N–H and O–H groups in total. The molecule has 0 aliphatic carbocycles. The van der Waals surface area contributed by atoms with E-state index in [1.807, 2.05) is 11.8 Å². The average Bonchev–Trinajstić information content (AvgIpc) is 2.16. The maximum absolute atomic E-state index is 2.35. The number of hydrogen-bond acceptors (Lipinski definition) is 2. The van der Waals surface area contributed by atoms with Crippen molar-refractivity contribution < 1.29 is 0 Å². The molecule has 13 heavy (non-hydrogen) atoms. The van der Waals surface area contributed by atoms with Gasteiger partial charge < -0.3 is 0 Å². The minimum Gasteiger partial charge on any atom is -0.293 e. The summed E-state index contributed by atoms with van der Waals surface area (Å²) in [4.78, 5) is 3.82. The van der Waals surface area contributed by atoms with Crippen molar-refractivity contribution in [1.29, 1.82) is 0 Å². The van der Waals surface area contributed by atoms with Crippen molar-refractivity contribution in [2.45, 2.75) is 24.8 Å². The standard InChI is InChI=1S/C11H15NS/c1-3-9-4-5-11-10(6-9)7-12(2)8-13-11/h4-6H,3,7-8H2,1-2H3. The van der Waals surface area contributed by atoms with Crippen LogP contribution in [0.5, 0.6) is 0 Å². The molecule has 1 aromatic rings. The molecular weight excluding hydrogens is 178 g/mol. The van der Waals surface area contributed by atoms with E-state index in [4.69, 9.17) is 0 Å². The summed E-state index contributed by atoms with van der Waals surface area (Å²) in [5.41, 5.74) is 2.95. The van der Waals surface area contributed by atoms with Crippen LogP contribution in [0.2, 0.25) is 0 Å². The molecule has 1 aliphatic heterocycles. The molecule has 0 amide bonds. The predicted molar refractivity (Wildman–Crippen MR) is 58.0 cm³/mol. The van der Waals surface area contributed by atoms with E-state index < -0.39 is 0 Å². The van der Waals surface area contributed by atoms with Crippen LogP contribution in [0.15, 0.2) is 23.1 Å². The average molecular weight is 193 g/mol. The molecule has 0 bridgehead atoms. The molecule has 2 heteroatoms. The Labute approximate surface area is 84.1 Å². The number of thioether (sulfide) groups is 1. The lowest BCUT2D eigenvalue weighted by atomic mass is 10.1. The summed E-state index contributed by atoms with van der Waals surface area (Å²) < 4.78 is 0. The second kappa shape index (κ2) is 3.72. The molecule has 0 saturated heterocycles.